The van der Waals surface area contributed by atoms with Gasteiger partial charge in [-0.3, -0.25) is 10.1 Å². The van der Waals surface area contributed by atoms with E-state index in [1.165, 1.54) is 12.7 Å². The molecule has 0 fully saturated rings. The monoisotopic (exact) mass is 350 g/mol. The minimum absolute atomic E-state index is 0.135. The molecular formula is C21H22N2O3. The van der Waals surface area contributed by atoms with Crippen LogP contribution in [0.3, 0.4) is 0 Å². The first-order chi connectivity index (χ1) is 12.6. The van der Waals surface area contributed by atoms with Crippen LogP contribution in [-0.2, 0) is 16.0 Å². The Bertz CT molecular complexity index is 977. The molecule has 0 saturated heterocycles. The van der Waals surface area contributed by atoms with Crippen molar-refractivity contribution in [2.45, 2.75) is 25.4 Å². The molecule has 1 aliphatic rings. The molecule has 2 atom stereocenters. The van der Waals surface area contributed by atoms with Crippen LogP contribution >= 0.6 is 0 Å². The van der Waals surface area contributed by atoms with Crippen molar-refractivity contribution in [3.05, 3.63) is 64.8 Å². The summed E-state index contributed by atoms with van der Waals surface area (Å²) in [5, 5.41) is 4.61. The number of rotatable bonds is 3. The highest BCUT2D eigenvalue weighted by Crippen LogP contribution is 2.36. The molecule has 0 radical (unpaired) electrons. The second kappa shape index (κ2) is 6.50. The van der Waals surface area contributed by atoms with Crippen LogP contribution in [0.5, 0.6) is 5.75 Å². The van der Waals surface area contributed by atoms with Crippen molar-refractivity contribution in [2.24, 2.45) is 0 Å². The molecule has 2 aromatic carbocycles. The van der Waals surface area contributed by atoms with E-state index in [0.29, 0.717) is 6.42 Å². The van der Waals surface area contributed by atoms with E-state index in [1.54, 1.807) is 7.11 Å². The number of benzene rings is 2. The van der Waals surface area contributed by atoms with Gasteiger partial charge in [0.25, 0.3) is 0 Å². The average molecular weight is 350 g/mol. The zero-order valence-corrected chi connectivity index (χ0v) is 15.1. The smallest absolute Gasteiger partial charge is 0.323 e. The Balaban J connectivity index is 1.88. The third-order valence-corrected chi connectivity index (χ3v) is 5.04. The molecule has 2 N–H and O–H groups in total. The molecule has 134 valence electrons. The number of ether oxygens (including phenoxy) is 2. The Morgan fingerprint density at radius 3 is 2.73 bits per heavy atom. The van der Waals surface area contributed by atoms with Crippen LogP contribution in [0, 0.1) is 6.92 Å². The lowest BCUT2D eigenvalue weighted by atomic mass is 9.89. The topological polar surface area (TPSA) is 63.4 Å². The van der Waals surface area contributed by atoms with Crippen molar-refractivity contribution in [2.75, 3.05) is 14.2 Å². The number of hydrogen-bond donors (Lipinski definition) is 2. The van der Waals surface area contributed by atoms with E-state index in [2.05, 4.69) is 28.5 Å². The number of para-hydroxylation sites is 1. The van der Waals surface area contributed by atoms with E-state index < -0.39 is 0 Å². The zero-order chi connectivity index (χ0) is 18.3. The maximum absolute atomic E-state index is 12.3. The van der Waals surface area contributed by atoms with Gasteiger partial charge in [0.1, 0.15) is 11.8 Å². The van der Waals surface area contributed by atoms with Gasteiger partial charge in [-0.1, -0.05) is 24.3 Å². The molecule has 2 unspecified atom stereocenters. The molecular weight excluding hydrogens is 328 g/mol. The molecule has 0 bridgehead atoms. The number of fused-ring (bicyclic) bond motifs is 3. The van der Waals surface area contributed by atoms with Gasteiger partial charge < -0.3 is 14.5 Å². The van der Waals surface area contributed by atoms with Crippen LogP contribution in [0.1, 0.15) is 28.4 Å². The van der Waals surface area contributed by atoms with Crippen molar-refractivity contribution in [1.82, 2.24) is 10.3 Å². The quantitative estimate of drug-likeness (QED) is 0.712. The van der Waals surface area contributed by atoms with Gasteiger partial charge in [-0.15, -0.1) is 0 Å². The summed E-state index contributed by atoms with van der Waals surface area (Å²) in [6.07, 6.45) is 0.603. The number of aryl methyl sites for hydroxylation is 1. The Morgan fingerprint density at radius 1 is 1.15 bits per heavy atom. The number of carbonyl (C=O) groups excluding carboxylic acids is 1. The van der Waals surface area contributed by atoms with Crippen LogP contribution in [0.15, 0.2) is 42.5 Å². The van der Waals surface area contributed by atoms with Crippen molar-refractivity contribution in [3.63, 3.8) is 0 Å². The number of nitrogens with one attached hydrogen (secondary N) is 2. The molecule has 5 nitrogen and oxygen atoms in total. The fourth-order valence-corrected chi connectivity index (χ4v) is 3.85. The lowest BCUT2D eigenvalue weighted by Crippen LogP contribution is -2.45. The number of H-pyrrole nitrogens is 1. The molecule has 1 aromatic heterocycles. The molecule has 0 amide bonds. The standard InChI is InChI=1S/C21H22N2O3/c1-12-8-13(10-14(9-12)25-2)19-20-16(11-18(23-19)21(24)26-3)15-6-4-5-7-17(15)22-20/h4-10,18-19,22-23H,11H2,1-3H3. The Hall–Kier alpha value is -2.79. The third kappa shape index (κ3) is 2.74. The maximum atomic E-state index is 12.3. The van der Waals surface area contributed by atoms with Crippen molar-refractivity contribution < 1.29 is 14.3 Å². The molecule has 26 heavy (non-hydrogen) atoms. The maximum Gasteiger partial charge on any atom is 0.323 e. The summed E-state index contributed by atoms with van der Waals surface area (Å²) < 4.78 is 10.4. The van der Waals surface area contributed by atoms with Gasteiger partial charge in [0.2, 0.25) is 0 Å². The zero-order valence-electron chi connectivity index (χ0n) is 15.1. The van der Waals surface area contributed by atoms with E-state index in [1.807, 2.05) is 31.2 Å². The van der Waals surface area contributed by atoms with Gasteiger partial charge >= 0.3 is 5.97 Å². The fraction of sp³-hybridized carbons (Fsp3) is 0.286. The average Bonchev–Trinajstić information content (AvgIpc) is 3.04. The Kier molecular flexibility index (Phi) is 4.17. The SMILES string of the molecule is COC(=O)C1Cc2c([nH]c3ccccc23)C(c2cc(C)cc(OC)c2)N1. The number of methoxy groups -OCH3 is 2. The Morgan fingerprint density at radius 2 is 1.96 bits per heavy atom. The summed E-state index contributed by atoms with van der Waals surface area (Å²) >= 11 is 0. The molecule has 4 rings (SSSR count). The molecule has 2 heterocycles. The number of hydrogen-bond acceptors (Lipinski definition) is 4. The van der Waals surface area contributed by atoms with Gasteiger partial charge in [-0.2, -0.15) is 0 Å². The second-order valence-corrected chi connectivity index (χ2v) is 6.73. The van der Waals surface area contributed by atoms with Gasteiger partial charge in [-0.05, 0) is 41.8 Å². The summed E-state index contributed by atoms with van der Waals surface area (Å²) in [5.41, 5.74) is 5.51. The van der Waals surface area contributed by atoms with Gasteiger partial charge in [0.05, 0.1) is 20.3 Å². The number of carbonyl (C=O) groups is 1. The number of esters is 1. The van der Waals surface area contributed by atoms with Gasteiger partial charge in [0.15, 0.2) is 0 Å². The summed E-state index contributed by atoms with van der Waals surface area (Å²) in [7, 11) is 3.10. The first-order valence-electron chi connectivity index (χ1n) is 8.69. The van der Waals surface area contributed by atoms with E-state index in [0.717, 1.165) is 33.5 Å². The second-order valence-electron chi connectivity index (χ2n) is 6.73. The fourth-order valence-electron chi connectivity index (χ4n) is 3.85. The highest BCUT2D eigenvalue weighted by molar-refractivity contribution is 5.87. The largest absolute Gasteiger partial charge is 0.497 e. The minimum Gasteiger partial charge on any atom is -0.497 e. The van der Waals surface area contributed by atoms with Gasteiger partial charge in [-0.25, -0.2) is 0 Å². The molecule has 0 spiro atoms. The van der Waals surface area contributed by atoms with Crippen LogP contribution in [0.25, 0.3) is 10.9 Å². The first-order valence-corrected chi connectivity index (χ1v) is 8.69. The highest BCUT2D eigenvalue weighted by atomic mass is 16.5. The van der Waals surface area contributed by atoms with E-state index in [4.69, 9.17) is 9.47 Å². The van der Waals surface area contributed by atoms with Crippen molar-refractivity contribution >= 4 is 16.9 Å². The summed E-state index contributed by atoms with van der Waals surface area (Å²) in [6, 6.07) is 13.8. The highest BCUT2D eigenvalue weighted by Gasteiger charge is 2.34. The van der Waals surface area contributed by atoms with Crippen LogP contribution in [-0.4, -0.2) is 31.2 Å². The number of aromatic nitrogens is 1. The molecule has 0 saturated carbocycles. The van der Waals surface area contributed by atoms with E-state index >= 15 is 0 Å². The normalized spacial score (nSPS) is 19.2. The van der Waals surface area contributed by atoms with E-state index in [-0.39, 0.29) is 18.1 Å². The van der Waals surface area contributed by atoms with Crippen LogP contribution < -0.4 is 10.1 Å². The lowest BCUT2D eigenvalue weighted by Gasteiger charge is -2.30. The molecule has 5 heteroatoms. The van der Waals surface area contributed by atoms with Crippen molar-refractivity contribution in [3.8, 4) is 5.75 Å². The predicted octanol–water partition coefficient (Wildman–Crippen LogP) is 3.26. The molecule has 3 aromatic rings. The lowest BCUT2D eigenvalue weighted by molar-refractivity contribution is -0.143. The summed E-state index contributed by atoms with van der Waals surface area (Å²) in [5.74, 6) is 0.560. The van der Waals surface area contributed by atoms with Crippen LogP contribution in [0.4, 0.5) is 0 Å². The van der Waals surface area contributed by atoms with Crippen LogP contribution in [0.2, 0.25) is 0 Å². The minimum atomic E-state index is -0.386. The number of aromatic amines is 1. The van der Waals surface area contributed by atoms with Gasteiger partial charge in [0, 0.05) is 23.0 Å². The summed E-state index contributed by atoms with van der Waals surface area (Å²) in [6.45, 7) is 2.04. The third-order valence-electron chi connectivity index (χ3n) is 5.04. The molecule has 0 aliphatic carbocycles. The van der Waals surface area contributed by atoms with E-state index in [9.17, 15) is 4.79 Å². The first kappa shape index (κ1) is 16.7. The predicted molar refractivity (Wildman–Crippen MR) is 101 cm³/mol. The summed E-state index contributed by atoms with van der Waals surface area (Å²) in [4.78, 5) is 15.8. The Labute approximate surface area is 152 Å². The molecule has 1 aliphatic heterocycles. The van der Waals surface area contributed by atoms with Crippen molar-refractivity contribution in [1.29, 1.82) is 0 Å².